The van der Waals surface area contributed by atoms with Crippen LogP contribution in [0.5, 0.6) is 5.88 Å². The van der Waals surface area contributed by atoms with Crippen molar-refractivity contribution in [2.24, 2.45) is 0 Å². The Morgan fingerprint density at radius 1 is 0.923 bits per heavy atom. The quantitative estimate of drug-likeness (QED) is 0.704. The molecule has 0 saturated heterocycles. The number of hydrogen-bond donors (Lipinski definition) is 1. The zero-order valence-electron chi connectivity index (χ0n) is 6.75. The molecule has 0 radical (unpaired) electrons. The lowest BCUT2D eigenvalue weighted by molar-refractivity contribution is 0.445. The highest BCUT2D eigenvalue weighted by molar-refractivity contribution is 5.57. The first-order chi connectivity index (χ1) is 6.36. The molecule has 13 heavy (non-hydrogen) atoms. The largest absolute Gasteiger partial charge is 0.492 e. The van der Waals surface area contributed by atoms with Gasteiger partial charge in [0.25, 0.3) is 0 Å². The molecule has 0 bridgehead atoms. The Bertz CT molecular complexity index is 385. The van der Waals surface area contributed by atoms with Crippen LogP contribution in [0.2, 0.25) is 0 Å². The summed E-state index contributed by atoms with van der Waals surface area (Å²) in [5, 5.41) is 16.3. The van der Waals surface area contributed by atoms with Gasteiger partial charge in [0.15, 0.2) is 0 Å². The number of aromatic hydroxyl groups is 1. The van der Waals surface area contributed by atoms with Crippen LogP contribution in [-0.4, -0.2) is 20.3 Å². The Labute approximate surface area is 74.9 Å². The third-order valence-electron chi connectivity index (χ3n) is 1.63. The molecule has 0 aliphatic heterocycles. The number of aromatic nitrogens is 3. The molecule has 0 atom stereocenters. The molecular weight excluding hydrogens is 166 g/mol. The highest BCUT2D eigenvalue weighted by atomic mass is 16.3. The minimum Gasteiger partial charge on any atom is -0.492 e. The lowest BCUT2D eigenvalue weighted by Gasteiger charge is -1.97. The van der Waals surface area contributed by atoms with Gasteiger partial charge in [0, 0.05) is 24.0 Å². The Balaban J connectivity index is 2.42. The zero-order chi connectivity index (χ0) is 9.10. The van der Waals surface area contributed by atoms with Gasteiger partial charge in [-0.3, -0.25) is 4.98 Å². The van der Waals surface area contributed by atoms with E-state index in [4.69, 9.17) is 5.11 Å². The van der Waals surface area contributed by atoms with Crippen LogP contribution < -0.4 is 0 Å². The summed E-state index contributed by atoms with van der Waals surface area (Å²) in [5.41, 5.74) is 1.66. The van der Waals surface area contributed by atoms with Crippen molar-refractivity contribution in [2.45, 2.75) is 0 Å². The summed E-state index contributed by atoms with van der Waals surface area (Å²) in [7, 11) is 0. The second-order valence-electron chi connectivity index (χ2n) is 2.51. The van der Waals surface area contributed by atoms with E-state index in [2.05, 4.69) is 15.2 Å². The van der Waals surface area contributed by atoms with E-state index in [0.29, 0.717) is 0 Å². The van der Waals surface area contributed by atoms with Crippen molar-refractivity contribution >= 4 is 0 Å². The maximum absolute atomic E-state index is 8.92. The summed E-state index contributed by atoms with van der Waals surface area (Å²) in [6.45, 7) is 0. The first-order valence-electron chi connectivity index (χ1n) is 3.79. The Morgan fingerprint density at radius 2 is 1.69 bits per heavy atom. The molecule has 1 N–H and O–H groups in total. The number of pyridine rings is 1. The van der Waals surface area contributed by atoms with Crippen LogP contribution in [0.25, 0.3) is 11.3 Å². The summed E-state index contributed by atoms with van der Waals surface area (Å²) in [4.78, 5) is 3.89. The third-order valence-corrected chi connectivity index (χ3v) is 1.63. The predicted molar refractivity (Wildman–Crippen MR) is 46.9 cm³/mol. The molecule has 4 heteroatoms. The molecule has 2 aromatic heterocycles. The maximum atomic E-state index is 8.92. The molecule has 4 nitrogen and oxygen atoms in total. The van der Waals surface area contributed by atoms with Gasteiger partial charge in [0.05, 0.1) is 5.69 Å². The zero-order valence-corrected chi connectivity index (χ0v) is 6.75. The van der Waals surface area contributed by atoms with Gasteiger partial charge in [-0.05, 0) is 18.2 Å². The van der Waals surface area contributed by atoms with Crippen molar-refractivity contribution in [3.8, 4) is 17.1 Å². The molecule has 2 rings (SSSR count). The normalized spacial score (nSPS) is 9.85. The van der Waals surface area contributed by atoms with Crippen LogP contribution >= 0.6 is 0 Å². The van der Waals surface area contributed by atoms with Crippen molar-refractivity contribution in [1.82, 2.24) is 15.2 Å². The van der Waals surface area contributed by atoms with E-state index >= 15 is 0 Å². The Kier molecular flexibility index (Phi) is 1.88. The van der Waals surface area contributed by atoms with Crippen LogP contribution in [0.1, 0.15) is 0 Å². The Hall–Kier alpha value is -1.97. The van der Waals surface area contributed by atoms with Crippen molar-refractivity contribution in [3.63, 3.8) is 0 Å². The van der Waals surface area contributed by atoms with E-state index in [-0.39, 0.29) is 5.88 Å². The summed E-state index contributed by atoms with van der Waals surface area (Å²) in [5.74, 6) is -0.0715. The number of hydrogen-bond acceptors (Lipinski definition) is 4. The molecule has 0 aromatic carbocycles. The molecule has 0 aliphatic rings. The minimum atomic E-state index is -0.0715. The van der Waals surface area contributed by atoms with Gasteiger partial charge in [0.1, 0.15) is 0 Å². The van der Waals surface area contributed by atoms with E-state index in [1.807, 2.05) is 12.1 Å². The first kappa shape index (κ1) is 7.67. The average molecular weight is 173 g/mol. The first-order valence-corrected chi connectivity index (χ1v) is 3.79. The molecule has 2 aromatic rings. The van der Waals surface area contributed by atoms with Crippen LogP contribution in [0.4, 0.5) is 0 Å². The smallest absolute Gasteiger partial charge is 0.230 e. The molecule has 0 amide bonds. The molecule has 0 unspecified atom stereocenters. The second kappa shape index (κ2) is 3.18. The third kappa shape index (κ3) is 1.61. The van der Waals surface area contributed by atoms with Crippen LogP contribution in [0.15, 0.2) is 36.7 Å². The van der Waals surface area contributed by atoms with E-state index in [9.17, 15) is 0 Å². The van der Waals surface area contributed by atoms with Gasteiger partial charge in [-0.2, -0.15) is 0 Å². The highest BCUT2D eigenvalue weighted by Crippen LogP contribution is 2.15. The second-order valence-corrected chi connectivity index (χ2v) is 2.51. The fourth-order valence-corrected chi connectivity index (χ4v) is 1.00. The van der Waals surface area contributed by atoms with Gasteiger partial charge >= 0.3 is 0 Å². The van der Waals surface area contributed by atoms with Crippen molar-refractivity contribution < 1.29 is 5.11 Å². The van der Waals surface area contributed by atoms with Gasteiger partial charge in [-0.25, -0.2) is 0 Å². The molecule has 0 spiro atoms. The molecule has 64 valence electrons. The summed E-state index contributed by atoms with van der Waals surface area (Å²) in [6.07, 6.45) is 3.37. The fourth-order valence-electron chi connectivity index (χ4n) is 1.00. The molecular formula is C9H7N3O. The molecule has 0 fully saturated rings. The topological polar surface area (TPSA) is 58.9 Å². The summed E-state index contributed by atoms with van der Waals surface area (Å²) < 4.78 is 0. The minimum absolute atomic E-state index is 0.0715. The van der Waals surface area contributed by atoms with Crippen molar-refractivity contribution in [2.75, 3.05) is 0 Å². The van der Waals surface area contributed by atoms with Crippen LogP contribution in [-0.2, 0) is 0 Å². The van der Waals surface area contributed by atoms with Gasteiger partial charge in [-0.1, -0.05) is 0 Å². The fraction of sp³-hybridized carbons (Fsp3) is 0. The predicted octanol–water partition coefficient (Wildman–Crippen LogP) is 1.24. The monoisotopic (exact) mass is 173 g/mol. The van der Waals surface area contributed by atoms with Crippen molar-refractivity contribution in [1.29, 1.82) is 0 Å². The van der Waals surface area contributed by atoms with Crippen LogP contribution in [0.3, 0.4) is 0 Å². The highest BCUT2D eigenvalue weighted by Gasteiger charge is 1.98. The van der Waals surface area contributed by atoms with E-state index in [1.54, 1.807) is 18.5 Å². The van der Waals surface area contributed by atoms with Crippen molar-refractivity contribution in [3.05, 3.63) is 36.7 Å². The van der Waals surface area contributed by atoms with Gasteiger partial charge in [-0.15, -0.1) is 10.2 Å². The van der Waals surface area contributed by atoms with E-state index in [1.165, 1.54) is 6.07 Å². The lowest BCUT2D eigenvalue weighted by atomic mass is 10.2. The SMILES string of the molecule is Oc1ccc(-c2ccncc2)nn1. The number of nitrogens with zero attached hydrogens (tertiary/aromatic N) is 3. The van der Waals surface area contributed by atoms with Crippen LogP contribution in [0, 0.1) is 0 Å². The Morgan fingerprint density at radius 3 is 2.31 bits per heavy atom. The average Bonchev–Trinajstić information content (AvgIpc) is 2.20. The molecule has 2 heterocycles. The van der Waals surface area contributed by atoms with E-state index < -0.39 is 0 Å². The molecule has 0 saturated carbocycles. The van der Waals surface area contributed by atoms with Gasteiger partial charge in [0.2, 0.25) is 5.88 Å². The lowest BCUT2D eigenvalue weighted by Crippen LogP contribution is -1.86. The molecule has 0 aliphatic carbocycles. The summed E-state index contributed by atoms with van der Waals surface area (Å²) >= 11 is 0. The summed E-state index contributed by atoms with van der Waals surface area (Å²) in [6, 6.07) is 6.88. The van der Waals surface area contributed by atoms with E-state index in [0.717, 1.165) is 11.3 Å². The van der Waals surface area contributed by atoms with Gasteiger partial charge < -0.3 is 5.11 Å². The number of rotatable bonds is 1. The standard InChI is InChI=1S/C9H7N3O/c13-9-2-1-8(11-12-9)7-3-5-10-6-4-7/h1-6H,(H,12,13). The maximum Gasteiger partial charge on any atom is 0.230 e.